The molecule has 2 aromatic carbocycles. The summed E-state index contributed by atoms with van der Waals surface area (Å²) >= 11 is 0. The summed E-state index contributed by atoms with van der Waals surface area (Å²) in [5, 5.41) is 13.4. The second kappa shape index (κ2) is 9.98. The molecule has 0 saturated heterocycles. The molecule has 0 bridgehead atoms. The van der Waals surface area contributed by atoms with E-state index in [1.807, 2.05) is 6.07 Å². The maximum Gasteiger partial charge on any atom is 0.338 e. The molecular formula is C20H20N2O7. The van der Waals surface area contributed by atoms with E-state index < -0.39 is 35.4 Å². The monoisotopic (exact) mass is 400 g/mol. The molecule has 0 heterocycles. The average molecular weight is 400 g/mol. The lowest BCUT2D eigenvalue weighted by Crippen LogP contribution is -2.44. The Morgan fingerprint density at radius 1 is 1.14 bits per heavy atom. The fourth-order valence-electron chi connectivity index (χ4n) is 2.57. The molecule has 0 aliphatic heterocycles. The van der Waals surface area contributed by atoms with Gasteiger partial charge in [0.1, 0.15) is 6.04 Å². The molecule has 1 atom stereocenters. The molecule has 0 fully saturated rings. The van der Waals surface area contributed by atoms with Crippen LogP contribution in [0, 0.1) is 17.0 Å². The number of hydrogen-bond acceptors (Lipinski definition) is 7. The molecule has 2 rings (SSSR count). The van der Waals surface area contributed by atoms with Crippen LogP contribution in [0.3, 0.4) is 0 Å². The minimum absolute atomic E-state index is 0.0519. The number of amides is 1. The van der Waals surface area contributed by atoms with Crippen molar-refractivity contribution in [1.29, 1.82) is 0 Å². The number of nitro benzene ring substituents is 1. The van der Waals surface area contributed by atoms with Gasteiger partial charge in [0.2, 0.25) is 0 Å². The van der Waals surface area contributed by atoms with Crippen molar-refractivity contribution in [1.82, 2.24) is 5.32 Å². The summed E-state index contributed by atoms with van der Waals surface area (Å²) < 4.78 is 9.61. The highest BCUT2D eigenvalue weighted by atomic mass is 16.6. The number of carbonyl (C=O) groups is 3. The number of rotatable bonds is 8. The maximum absolute atomic E-state index is 12.1. The first kappa shape index (κ1) is 21.5. The third-order valence-electron chi connectivity index (χ3n) is 4.08. The number of carbonyl (C=O) groups excluding carboxylic acids is 3. The number of benzene rings is 2. The van der Waals surface area contributed by atoms with Crippen molar-refractivity contribution in [2.24, 2.45) is 0 Å². The van der Waals surface area contributed by atoms with Crippen LogP contribution >= 0.6 is 0 Å². The Kier molecular flexibility index (Phi) is 7.41. The van der Waals surface area contributed by atoms with E-state index in [1.54, 1.807) is 31.2 Å². The van der Waals surface area contributed by atoms with Crippen LogP contribution in [-0.4, -0.2) is 42.5 Å². The van der Waals surface area contributed by atoms with Gasteiger partial charge in [-0.25, -0.2) is 9.59 Å². The Hall–Kier alpha value is -3.75. The van der Waals surface area contributed by atoms with E-state index >= 15 is 0 Å². The Bertz CT molecular complexity index is 912. The molecule has 0 unspecified atom stereocenters. The van der Waals surface area contributed by atoms with E-state index in [0.717, 1.165) is 11.6 Å². The molecular weight excluding hydrogens is 380 g/mol. The first-order valence-corrected chi connectivity index (χ1v) is 8.65. The number of nitrogens with one attached hydrogen (secondary N) is 1. The fourth-order valence-corrected chi connectivity index (χ4v) is 2.57. The van der Waals surface area contributed by atoms with Gasteiger partial charge in [-0.3, -0.25) is 14.9 Å². The quantitative estimate of drug-likeness (QED) is 0.408. The number of nitro groups is 1. The van der Waals surface area contributed by atoms with E-state index in [1.165, 1.54) is 19.2 Å². The minimum Gasteiger partial charge on any atom is -0.467 e. The van der Waals surface area contributed by atoms with Gasteiger partial charge in [0.05, 0.1) is 17.6 Å². The van der Waals surface area contributed by atoms with Gasteiger partial charge in [-0.05, 0) is 18.6 Å². The van der Waals surface area contributed by atoms with Crippen LogP contribution in [0.25, 0.3) is 0 Å². The zero-order valence-corrected chi connectivity index (χ0v) is 15.9. The largest absolute Gasteiger partial charge is 0.467 e. The van der Waals surface area contributed by atoms with E-state index in [-0.39, 0.29) is 17.7 Å². The number of esters is 2. The molecule has 1 N–H and O–H groups in total. The van der Waals surface area contributed by atoms with Crippen molar-refractivity contribution < 1.29 is 28.8 Å². The molecule has 0 spiro atoms. The number of aryl methyl sites for hydroxylation is 1. The zero-order chi connectivity index (χ0) is 21.4. The molecule has 0 aliphatic carbocycles. The first-order chi connectivity index (χ1) is 13.8. The fraction of sp³-hybridized carbons (Fsp3) is 0.250. The summed E-state index contributed by atoms with van der Waals surface area (Å²) in [7, 11) is 1.21. The van der Waals surface area contributed by atoms with Crippen molar-refractivity contribution in [3.8, 4) is 0 Å². The third-order valence-corrected chi connectivity index (χ3v) is 4.08. The molecule has 0 radical (unpaired) electrons. The van der Waals surface area contributed by atoms with Gasteiger partial charge in [-0.2, -0.15) is 0 Å². The van der Waals surface area contributed by atoms with Gasteiger partial charge in [0.15, 0.2) is 6.61 Å². The van der Waals surface area contributed by atoms with Crippen molar-refractivity contribution in [3.05, 3.63) is 75.3 Å². The third kappa shape index (κ3) is 6.13. The standard InChI is InChI=1S/C20H20N2O7/c1-13-8-9-15(11-17(13)22(26)27)19(24)29-12-18(23)21-16(20(25)28-2)10-14-6-4-3-5-7-14/h3-9,11,16H,10,12H2,1-2H3,(H,21,23)/t16-/m1/s1. The van der Waals surface area contributed by atoms with E-state index in [2.05, 4.69) is 5.32 Å². The van der Waals surface area contributed by atoms with Gasteiger partial charge in [0.25, 0.3) is 11.6 Å². The summed E-state index contributed by atoms with van der Waals surface area (Å²) in [6.07, 6.45) is 0.206. The lowest BCUT2D eigenvalue weighted by atomic mass is 10.1. The number of methoxy groups -OCH3 is 1. The zero-order valence-electron chi connectivity index (χ0n) is 15.9. The smallest absolute Gasteiger partial charge is 0.338 e. The molecule has 0 saturated carbocycles. The van der Waals surface area contributed by atoms with Gasteiger partial charge >= 0.3 is 11.9 Å². The van der Waals surface area contributed by atoms with Crippen LogP contribution in [0.4, 0.5) is 5.69 Å². The van der Waals surface area contributed by atoms with Crippen LogP contribution in [0.5, 0.6) is 0 Å². The first-order valence-electron chi connectivity index (χ1n) is 8.65. The normalized spacial score (nSPS) is 11.2. The highest BCUT2D eigenvalue weighted by molar-refractivity contribution is 5.92. The van der Waals surface area contributed by atoms with E-state index in [0.29, 0.717) is 5.56 Å². The number of hydrogen-bond donors (Lipinski definition) is 1. The van der Waals surface area contributed by atoms with E-state index in [9.17, 15) is 24.5 Å². The molecule has 29 heavy (non-hydrogen) atoms. The van der Waals surface area contributed by atoms with Crippen LogP contribution in [0.15, 0.2) is 48.5 Å². The second-order valence-corrected chi connectivity index (χ2v) is 6.17. The predicted molar refractivity (Wildman–Crippen MR) is 102 cm³/mol. The predicted octanol–water partition coefficient (Wildman–Crippen LogP) is 1.96. The van der Waals surface area contributed by atoms with Crippen molar-refractivity contribution in [3.63, 3.8) is 0 Å². The summed E-state index contributed by atoms with van der Waals surface area (Å²) in [6.45, 7) is 0.892. The van der Waals surface area contributed by atoms with Gasteiger partial charge in [-0.1, -0.05) is 36.4 Å². The summed E-state index contributed by atoms with van der Waals surface area (Å²) in [6, 6.07) is 11.9. The molecule has 152 valence electrons. The summed E-state index contributed by atoms with van der Waals surface area (Å²) in [5.41, 5.74) is 0.930. The highest BCUT2D eigenvalue weighted by Gasteiger charge is 2.23. The summed E-state index contributed by atoms with van der Waals surface area (Å²) in [4.78, 5) is 46.5. The van der Waals surface area contributed by atoms with Gasteiger partial charge < -0.3 is 14.8 Å². The molecule has 9 nitrogen and oxygen atoms in total. The van der Waals surface area contributed by atoms with Crippen LogP contribution < -0.4 is 5.32 Å². The molecule has 9 heteroatoms. The lowest BCUT2D eigenvalue weighted by molar-refractivity contribution is -0.385. The van der Waals surface area contributed by atoms with Crippen molar-refractivity contribution in [2.75, 3.05) is 13.7 Å². The van der Waals surface area contributed by atoms with Gasteiger partial charge in [-0.15, -0.1) is 0 Å². The van der Waals surface area contributed by atoms with Crippen molar-refractivity contribution >= 4 is 23.5 Å². The van der Waals surface area contributed by atoms with Crippen LogP contribution in [-0.2, 0) is 25.5 Å². The SMILES string of the molecule is COC(=O)[C@@H](Cc1ccccc1)NC(=O)COC(=O)c1ccc(C)c([N+](=O)[O-])c1. The minimum atomic E-state index is -0.950. The highest BCUT2D eigenvalue weighted by Crippen LogP contribution is 2.19. The van der Waals surface area contributed by atoms with E-state index in [4.69, 9.17) is 9.47 Å². The molecule has 0 aromatic heterocycles. The summed E-state index contributed by atoms with van der Waals surface area (Å²) in [5.74, 6) is -2.23. The van der Waals surface area contributed by atoms with Crippen LogP contribution in [0.1, 0.15) is 21.5 Å². The topological polar surface area (TPSA) is 125 Å². The average Bonchev–Trinajstić information content (AvgIpc) is 2.71. The Morgan fingerprint density at radius 2 is 1.83 bits per heavy atom. The van der Waals surface area contributed by atoms with Gasteiger partial charge in [0, 0.05) is 18.1 Å². The molecule has 0 aliphatic rings. The number of nitrogens with zero attached hydrogens (tertiary/aromatic N) is 1. The number of ether oxygens (including phenoxy) is 2. The molecule has 1 amide bonds. The lowest BCUT2D eigenvalue weighted by Gasteiger charge is -2.16. The maximum atomic E-state index is 12.1. The molecule has 2 aromatic rings. The Balaban J connectivity index is 1.98. The van der Waals surface area contributed by atoms with Crippen LogP contribution in [0.2, 0.25) is 0 Å². The second-order valence-electron chi connectivity index (χ2n) is 6.17. The van der Waals surface area contributed by atoms with Crippen molar-refractivity contribution in [2.45, 2.75) is 19.4 Å². The Labute approximate surface area is 166 Å². The Morgan fingerprint density at radius 3 is 2.45 bits per heavy atom.